The first-order valence-corrected chi connectivity index (χ1v) is 7.45. The molecule has 0 bridgehead atoms. The molecule has 0 saturated carbocycles. The Bertz CT molecular complexity index is 427. The van der Waals surface area contributed by atoms with Crippen LogP contribution in [0.5, 0.6) is 0 Å². The number of carbonyl (C=O) groups is 2. The van der Waals surface area contributed by atoms with Crippen molar-refractivity contribution in [3.8, 4) is 0 Å². The van der Waals surface area contributed by atoms with Crippen LogP contribution in [0.3, 0.4) is 0 Å². The van der Waals surface area contributed by atoms with E-state index in [4.69, 9.17) is 5.11 Å². The van der Waals surface area contributed by atoms with Gasteiger partial charge < -0.3 is 9.84 Å². The fraction of sp³-hybridized carbons (Fsp3) is 0.800. The van der Waals surface area contributed by atoms with Gasteiger partial charge in [-0.3, -0.25) is 4.79 Å². The van der Waals surface area contributed by atoms with Crippen LogP contribution in [0.4, 0.5) is 4.79 Å². The highest BCUT2D eigenvalue weighted by Gasteiger charge is 2.30. The topological polar surface area (TPSA) is 113 Å². The molecule has 8 nitrogen and oxygen atoms in total. The van der Waals surface area contributed by atoms with Crippen molar-refractivity contribution in [3.63, 3.8) is 0 Å². The van der Waals surface area contributed by atoms with Crippen molar-refractivity contribution in [1.82, 2.24) is 9.03 Å². The summed E-state index contributed by atoms with van der Waals surface area (Å²) in [4.78, 5) is 21.7. The third-order valence-corrected chi connectivity index (χ3v) is 4.33. The lowest BCUT2D eigenvalue weighted by atomic mass is 9.95. The van der Waals surface area contributed by atoms with Crippen LogP contribution < -0.4 is 4.72 Å². The van der Waals surface area contributed by atoms with E-state index in [1.54, 1.807) is 11.6 Å². The van der Waals surface area contributed by atoms with Gasteiger partial charge in [0.05, 0.1) is 6.61 Å². The van der Waals surface area contributed by atoms with Crippen molar-refractivity contribution in [2.24, 2.45) is 5.92 Å². The third-order valence-electron chi connectivity index (χ3n) is 2.86. The zero-order chi connectivity index (χ0) is 14.5. The van der Waals surface area contributed by atoms with Gasteiger partial charge in [-0.2, -0.15) is 12.7 Å². The van der Waals surface area contributed by atoms with Crippen molar-refractivity contribution < 1.29 is 27.9 Å². The molecule has 1 heterocycles. The van der Waals surface area contributed by atoms with E-state index in [0.717, 1.165) is 4.31 Å². The lowest BCUT2D eigenvalue weighted by molar-refractivity contribution is -0.138. The van der Waals surface area contributed by atoms with Crippen LogP contribution in [0, 0.1) is 5.92 Å². The minimum absolute atomic E-state index is 0.0217. The molecule has 1 aliphatic rings. The Labute approximate surface area is 111 Å². The number of carboxylic acid groups (broad SMARTS) is 1. The summed E-state index contributed by atoms with van der Waals surface area (Å²) in [6.45, 7) is 2.06. The van der Waals surface area contributed by atoms with Gasteiger partial charge in [0.1, 0.15) is 0 Å². The second-order valence-electron chi connectivity index (χ2n) is 4.27. The Morgan fingerprint density at radius 2 is 1.95 bits per heavy atom. The number of piperidine rings is 1. The smallest absolute Gasteiger partial charge is 0.421 e. The van der Waals surface area contributed by atoms with Gasteiger partial charge in [0, 0.05) is 19.5 Å². The molecule has 0 aromatic carbocycles. The summed E-state index contributed by atoms with van der Waals surface area (Å²) in [5.41, 5.74) is 0. The first-order chi connectivity index (χ1) is 8.85. The molecule has 1 aliphatic heterocycles. The monoisotopic (exact) mass is 294 g/mol. The summed E-state index contributed by atoms with van der Waals surface area (Å²) in [7, 11) is -3.90. The van der Waals surface area contributed by atoms with E-state index in [1.807, 2.05) is 0 Å². The van der Waals surface area contributed by atoms with Crippen LogP contribution in [0.15, 0.2) is 0 Å². The molecule has 9 heteroatoms. The van der Waals surface area contributed by atoms with Gasteiger partial charge in [0.15, 0.2) is 0 Å². The van der Waals surface area contributed by atoms with Crippen LogP contribution in [-0.4, -0.2) is 49.6 Å². The molecule has 0 spiro atoms. The Morgan fingerprint density at radius 3 is 2.42 bits per heavy atom. The lowest BCUT2D eigenvalue weighted by Gasteiger charge is -2.30. The summed E-state index contributed by atoms with van der Waals surface area (Å²) < 4.78 is 31.0. The predicted molar refractivity (Wildman–Crippen MR) is 65.6 cm³/mol. The van der Waals surface area contributed by atoms with E-state index in [2.05, 4.69) is 4.74 Å². The van der Waals surface area contributed by atoms with Gasteiger partial charge in [0.25, 0.3) is 0 Å². The Kier molecular flexibility index (Phi) is 5.55. The number of carbonyl (C=O) groups excluding carboxylic acids is 1. The molecule has 1 saturated heterocycles. The molecule has 0 aromatic rings. The van der Waals surface area contributed by atoms with Crippen LogP contribution in [0.25, 0.3) is 0 Å². The van der Waals surface area contributed by atoms with E-state index in [-0.39, 0.29) is 32.0 Å². The Hall–Kier alpha value is -1.35. The maximum Gasteiger partial charge on any atom is 0.421 e. The van der Waals surface area contributed by atoms with Gasteiger partial charge >= 0.3 is 22.3 Å². The minimum atomic E-state index is -3.90. The normalized spacial score (nSPS) is 17.9. The number of aliphatic carboxylic acids is 1. The molecule has 1 amide bonds. The first kappa shape index (κ1) is 15.7. The van der Waals surface area contributed by atoms with Crippen molar-refractivity contribution >= 4 is 22.3 Å². The molecule has 0 aromatic heterocycles. The van der Waals surface area contributed by atoms with E-state index < -0.39 is 22.3 Å². The zero-order valence-corrected chi connectivity index (χ0v) is 11.5. The highest BCUT2D eigenvalue weighted by atomic mass is 32.2. The largest absolute Gasteiger partial charge is 0.481 e. The second kappa shape index (κ2) is 6.71. The molecule has 19 heavy (non-hydrogen) atoms. The predicted octanol–water partition coefficient (Wildman–Crippen LogP) is 0.164. The van der Waals surface area contributed by atoms with Crippen molar-refractivity contribution in [2.75, 3.05) is 19.7 Å². The molecular formula is C10H18N2O6S. The number of ether oxygens (including phenoxy) is 1. The van der Waals surface area contributed by atoms with Crippen LogP contribution in [0.2, 0.25) is 0 Å². The number of hydrogen-bond donors (Lipinski definition) is 2. The summed E-state index contributed by atoms with van der Waals surface area (Å²) in [6.07, 6.45) is -0.0270. The quantitative estimate of drug-likeness (QED) is 0.747. The molecule has 0 atom stereocenters. The molecule has 0 radical (unpaired) electrons. The van der Waals surface area contributed by atoms with Gasteiger partial charge in [0.2, 0.25) is 0 Å². The SMILES string of the molecule is CCOC(=O)NS(=O)(=O)N1CCC(CC(=O)O)CC1. The molecule has 110 valence electrons. The third kappa shape index (κ3) is 5.03. The fourth-order valence-electron chi connectivity index (χ4n) is 1.93. The van der Waals surface area contributed by atoms with Crippen molar-refractivity contribution in [3.05, 3.63) is 0 Å². The summed E-state index contributed by atoms with van der Waals surface area (Å²) in [5.74, 6) is -0.905. The van der Waals surface area contributed by atoms with Crippen molar-refractivity contribution in [2.45, 2.75) is 26.2 Å². The maximum absolute atomic E-state index is 11.8. The number of amides is 1. The number of rotatable bonds is 5. The van der Waals surface area contributed by atoms with Crippen LogP contribution in [0.1, 0.15) is 26.2 Å². The average Bonchev–Trinajstić information content (AvgIpc) is 2.28. The molecule has 2 N–H and O–H groups in total. The molecule has 0 aliphatic carbocycles. The van der Waals surface area contributed by atoms with Crippen LogP contribution >= 0.6 is 0 Å². The number of nitrogens with one attached hydrogen (secondary N) is 1. The highest BCUT2D eigenvalue weighted by Crippen LogP contribution is 2.21. The number of nitrogens with zero attached hydrogens (tertiary/aromatic N) is 1. The Balaban J connectivity index is 2.49. The maximum atomic E-state index is 11.8. The van der Waals surface area contributed by atoms with E-state index in [1.165, 1.54) is 0 Å². The van der Waals surface area contributed by atoms with Crippen molar-refractivity contribution in [1.29, 1.82) is 0 Å². The summed E-state index contributed by atoms with van der Waals surface area (Å²) >= 11 is 0. The first-order valence-electron chi connectivity index (χ1n) is 6.01. The van der Waals surface area contributed by atoms with E-state index in [9.17, 15) is 18.0 Å². The van der Waals surface area contributed by atoms with Gasteiger partial charge in [-0.1, -0.05) is 0 Å². The molecule has 1 rings (SSSR count). The second-order valence-corrected chi connectivity index (χ2v) is 5.94. The van der Waals surface area contributed by atoms with E-state index in [0.29, 0.717) is 12.8 Å². The lowest BCUT2D eigenvalue weighted by Crippen LogP contribution is -2.47. The fourth-order valence-corrected chi connectivity index (χ4v) is 3.02. The van der Waals surface area contributed by atoms with Crippen LogP contribution in [-0.2, 0) is 19.7 Å². The minimum Gasteiger partial charge on any atom is -0.481 e. The average molecular weight is 294 g/mol. The van der Waals surface area contributed by atoms with Gasteiger partial charge in [-0.15, -0.1) is 0 Å². The molecule has 0 unspecified atom stereocenters. The van der Waals surface area contributed by atoms with Gasteiger partial charge in [-0.05, 0) is 25.7 Å². The number of carboxylic acids is 1. The molecular weight excluding hydrogens is 276 g/mol. The van der Waals surface area contributed by atoms with E-state index >= 15 is 0 Å². The van der Waals surface area contributed by atoms with Gasteiger partial charge in [-0.25, -0.2) is 9.52 Å². The Morgan fingerprint density at radius 1 is 1.37 bits per heavy atom. The summed E-state index contributed by atoms with van der Waals surface area (Å²) in [5, 5.41) is 8.66. The highest BCUT2D eigenvalue weighted by molar-refractivity contribution is 7.87. The zero-order valence-electron chi connectivity index (χ0n) is 10.7. The number of hydrogen-bond acceptors (Lipinski definition) is 5. The summed E-state index contributed by atoms with van der Waals surface area (Å²) in [6, 6.07) is 0. The molecule has 1 fully saturated rings. The standard InChI is InChI=1S/C10H18N2O6S/c1-2-18-10(15)11-19(16,17)12-5-3-8(4-6-12)7-9(13)14/h8H,2-7H2,1H3,(H,11,15)(H,13,14).